The van der Waals surface area contributed by atoms with Crippen molar-refractivity contribution in [1.29, 1.82) is 0 Å². The molecule has 2 rings (SSSR count). The van der Waals surface area contributed by atoms with Crippen LogP contribution in [0.2, 0.25) is 0 Å². The Balaban J connectivity index is 1.88. The van der Waals surface area contributed by atoms with Crippen LogP contribution in [0.1, 0.15) is 38.3 Å². The third kappa shape index (κ3) is 5.20. The van der Waals surface area contributed by atoms with Crippen molar-refractivity contribution in [3.63, 3.8) is 0 Å². The fraction of sp³-hybridized carbons (Fsp3) is 0.600. The van der Waals surface area contributed by atoms with E-state index in [2.05, 4.69) is 28.7 Å². The zero-order valence-corrected chi connectivity index (χ0v) is 14.3. The Morgan fingerprint density at radius 1 is 1.33 bits per heavy atom. The molecular weight excluding hydrogens is 304 g/mol. The monoisotopic (exact) mass is 328 g/mol. The molecule has 21 heavy (non-hydrogen) atoms. The van der Waals surface area contributed by atoms with Gasteiger partial charge >= 0.3 is 0 Å². The van der Waals surface area contributed by atoms with Crippen molar-refractivity contribution in [2.45, 2.75) is 38.0 Å². The van der Waals surface area contributed by atoms with Gasteiger partial charge in [-0.05, 0) is 50.1 Å². The molecule has 6 heteroatoms. The molecule has 1 saturated heterocycles. The number of hydrogen-bond acceptors (Lipinski definition) is 4. The van der Waals surface area contributed by atoms with E-state index >= 15 is 0 Å². The van der Waals surface area contributed by atoms with Crippen molar-refractivity contribution in [3.8, 4) is 0 Å². The number of thioether (sulfide) groups is 1. The molecule has 0 aliphatic carbocycles. The topological polar surface area (TPSA) is 58.2 Å². The molecule has 1 aliphatic rings. The van der Waals surface area contributed by atoms with Crippen LogP contribution in [0.15, 0.2) is 24.3 Å². The number of anilines is 1. The summed E-state index contributed by atoms with van der Waals surface area (Å²) in [4.78, 5) is 0. The maximum Gasteiger partial charge on any atom is 0.232 e. The van der Waals surface area contributed by atoms with Gasteiger partial charge in [0.15, 0.2) is 0 Å². The van der Waals surface area contributed by atoms with E-state index in [9.17, 15) is 8.42 Å². The largest absolute Gasteiger partial charge is 0.309 e. The second-order valence-corrected chi connectivity index (χ2v) is 8.81. The van der Waals surface area contributed by atoms with Crippen molar-refractivity contribution in [2.75, 3.05) is 22.8 Å². The Hall–Kier alpha value is -0.720. The highest BCUT2D eigenvalue weighted by molar-refractivity contribution is 8.00. The summed E-state index contributed by atoms with van der Waals surface area (Å²) in [5.41, 5.74) is 1.80. The van der Waals surface area contributed by atoms with E-state index in [4.69, 9.17) is 0 Å². The lowest BCUT2D eigenvalue weighted by molar-refractivity contribution is 0.559. The van der Waals surface area contributed by atoms with Crippen molar-refractivity contribution < 1.29 is 8.42 Å². The minimum absolute atomic E-state index is 0.0891. The van der Waals surface area contributed by atoms with Crippen molar-refractivity contribution in [2.24, 2.45) is 0 Å². The van der Waals surface area contributed by atoms with Gasteiger partial charge < -0.3 is 5.32 Å². The standard InChI is InChI=1S/C15H24N2O2S2/c1-3-21(18,19)17-14-8-6-13(7-9-14)12(2)16-11-15-5-4-10-20-15/h6-9,12,15-17H,3-5,10-11H2,1-2H3/t12-,15+/m0/s1. The van der Waals surface area contributed by atoms with Crippen LogP contribution in [0.25, 0.3) is 0 Å². The van der Waals surface area contributed by atoms with Crippen LogP contribution in [-0.4, -0.2) is 31.7 Å². The molecule has 4 nitrogen and oxygen atoms in total. The molecule has 1 fully saturated rings. The van der Waals surface area contributed by atoms with Crippen LogP contribution in [-0.2, 0) is 10.0 Å². The van der Waals surface area contributed by atoms with Crippen LogP contribution in [0.4, 0.5) is 5.69 Å². The van der Waals surface area contributed by atoms with Gasteiger partial charge in [-0.2, -0.15) is 11.8 Å². The normalized spacial score (nSPS) is 20.4. The summed E-state index contributed by atoms with van der Waals surface area (Å²) in [5.74, 6) is 1.37. The highest BCUT2D eigenvalue weighted by Crippen LogP contribution is 2.26. The van der Waals surface area contributed by atoms with Crippen LogP contribution in [0, 0.1) is 0 Å². The van der Waals surface area contributed by atoms with Gasteiger partial charge in [0.2, 0.25) is 10.0 Å². The first kappa shape index (κ1) is 16.6. The number of sulfonamides is 1. The van der Waals surface area contributed by atoms with Crippen LogP contribution >= 0.6 is 11.8 Å². The van der Waals surface area contributed by atoms with Crippen molar-refractivity contribution >= 4 is 27.5 Å². The number of rotatable bonds is 7. The molecule has 0 spiro atoms. The SMILES string of the molecule is CCS(=O)(=O)Nc1ccc([C@H](C)NC[C@H]2CCCS2)cc1. The number of nitrogens with one attached hydrogen (secondary N) is 2. The molecule has 1 aliphatic heterocycles. The molecular formula is C15H24N2O2S2. The van der Waals surface area contributed by atoms with E-state index in [0.29, 0.717) is 5.69 Å². The van der Waals surface area contributed by atoms with E-state index in [1.54, 1.807) is 6.92 Å². The molecule has 118 valence electrons. The molecule has 0 aromatic heterocycles. The molecule has 1 heterocycles. The lowest BCUT2D eigenvalue weighted by Crippen LogP contribution is -2.26. The van der Waals surface area contributed by atoms with Crippen LogP contribution in [0.5, 0.6) is 0 Å². The Morgan fingerprint density at radius 2 is 2.05 bits per heavy atom. The van der Waals surface area contributed by atoms with Gasteiger partial charge in [-0.1, -0.05) is 12.1 Å². The predicted octanol–water partition coefficient (Wildman–Crippen LogP) is 2.99. The summed E-state index contributed by atoms with van der Waals surface area (Å²) in [7, 11) is -3.20. The van der Waals surface area contributed by atoms with E-state index in [0.717, 1.165) is 11.8 Å². The summed E-state index contributed by atoms with van der Waals surface area (Å²) in [5, 5.41) is 4.30. The minimum Gasteiger partial charge on any atom is -0.309 e. The van der Waals surface area contributed by atoms with Crippen LogP contribution in [0.3, 0.4) is 0 Å². The lowest BCUT2D eigenvalue weighted by atomic mass is 10.1. The Morgan fingerprint density at radius 3 is 2.62 bits per heavy atom. The van der Waals surface area contributed by atoms with E-state index in [1.807, 2.05) is 24.3 Å². The van der Waals surface area contributed by atoms with Gasteiger partial charge in [0, 0.05) is 23.5 Å². The zero-order valence-electron chi connectivity index (χ0n) is 12.6. The second kappa shape index (κ2) is 7.51. The highest BCUT2D eigenvalue weighted by Gasteiger charge is 2.16. The van der Waals surface area contributed by atoms with Crippen molar-refractivity contribution in [3.05, 3.63) is 29.8 Å². The van der Waals surface area contributed by atoms with Gasteiger partial charge in [0.25, 0.3) is 0 Å². The van der Waals surface area contributed by atoms with Crippen LogP contribution < -0.4 is 10.0 Å². The maximum absolute atomic E-state index is 11.5. The van der Waals surface area contributed by atoms with Gasteiger partial charge in [0.05, 0.1) is 5.75 Å². The van der Waals surface area contributed by atoms with E-state index in [-0.39, 0.29) is 11.8 Å². The van der Waals surface area contributed by atoms with Gasteiger partial charge in [-0.3, -0.25) is 4.72 Å². The third-order valence-electron chi connectivity index (χ3n) is 3.74. The molecule has 1 aromatic carbocycles. The molecule has 2 N–H and O–H groups in total. The van der Waals surface area contributed by atoms with E-state index in [1.165, 1.54) is 24.2 Å². The summed E-state index contributed by atoms with van der Waals surface area (Å²) < 4.78 is 25.6. The summed E-state index contributed by atoms with van der Waals surface area (Å²) in [6.45, 7) is 4.81. The smallest absolute Gasteiger partial charge is 0.232 e. The second-order valence-electron chi connectivity index (χ2n) is 5.39. The quantitative estimate of drug-likeness (QED) is 0.808. The first-order chi connectivity index (χ1) is 10.00. The van der Waals surface area contributed by atoms with Crippen molar-refractivity contribution in [1.82, 2.24) is 5.32 Å². The molecule has 0 bridgehead atoms. The van der Waals surface area contributed by atoms with E-state index < -0.39 is 10.0 Å². The first-order valence-corrected chi connectivity index (χ1v) is 10.2. The third-order valence-corrected chi connectivity index (χ3v) is 6.44. The summed E-state index contributed by atoms with van der Waals surface area (Å²) in [6.07, 6.45) is 2.64. The first-order valence-electron chi connectivity index (χ1n) is 7.45. The molecule has 0 amide bonds. The molecule has 2 atom stereocenters. The molecule has 0 radical (unpaired) electrons. The molecule has 0 unspecified atom stereocenters. The average Bonchev–Trinajstić information content (AvgIpc) is 2.98. The molecule has 1 aromatic rings. The zero-order chi connectivity index (χ0) is 15.3. The Labute approximate surface area is 132 Å². The fourth-order valence-corrected chi connectivity index (χ4v) is 4.18. The van der Waals surface area contributed by atoms with Gasteiger partial charge in [-0.25, -0.2) is 8.42 Å². The number of benzene rings is 1. The number of hydrogen-bond donors (Lipinski definition) is 2. The minimum atomic E-state index is -3.20. The highest BCUT2D eigenvalue weighted by atomic mass is 32.2. The fourth-order valence-electron chi connectivity index (χ4n) is 2.32. The van der Waals surface area contributed by atoms with Gasteiger partial charge in [0.1, 0.15) is 0 Å². The maximum atomic E-state index is 11.5. The lowest BCUT2D eigenvalue weighted by Gasteiger charge is -2.17. The summed E-state index contributed by atoms with van der Waals surface area (Å²) in [6, 6.07) is 7.89. The Bertz CT molecular complexity index is 537. The summed E-state index contributed by atoms with van der Waals surface area (Å²) >= 11 is 2.05. The van der Waals surface area contributed by atoms with Gasteiger partial charge in [-0.15, -0.1) is 0 Å². The Kier molecular flexibility index (Phi) is 5.96. The molecule has 0 saturated carbocycles. The predicted molar refractivity (Wildman–Crippen MR) is 91.4 cm³/mol. The average molecular weight is 329 g/mol.